The summed E-state index contributed by atoms with van der Waals surface area (Å²) in [6, 6.07) is 70.0. The summed E-state index contributed by atoms with van der Waals surface area (Å²) in [5.74, 6) is 1.77. The SMILES string of the molecule is c1ccc(-c2cc(-c3ccccc3)cc(-c3nc(-c4ccc5ccccc5c4)nc(-c4cc(-c5ccc6ccccc6c5)cc5oc6ccccc6c45)n3)c2)cc1. The van der Waals surface area contributed by atoms with Crippen LogP contribution in [-0.4, -0.2) is 15.0 Å². The Morgan fingerprint density at radius 1 is 0.281 bits per heavy atom. The van der Waals surface area contributed by atoms with E-state index in [1.165, 1.54) is 10.8 Å². The van der Waals surface area contributed by atoms with E-state index >= 15 is 0 Å². The monoisotopic (exact) mass is 727 g/mol. The number of rotatable bonds is 6. The lowest BCUT2D eigenvalue weighted by Gasteiger charge is -2.14. The lowest BCUT2D eigenvalue weighted by Crippen LogP contribution is -2.01. The van der Waals surface area contributed by atoms with Gasteiger partial charge in [0, 0.05) is 27.5 Å². The van der Waals surface area contributed by atoms with Crippen molar-refractivity contribution in [1.82, 2.24) is 15.0 Å². The number of furan rings is 1. The molecule has 9 aromatic carbocycles. The van der Waals surface area contributed by atoms with E-state index in [2.05, 4.69) is 176 Å². The zero-order valence-electron chi connectivity index (χ0n) is 30.8. The summed E-state index contributed by atoms with van der Waals surface area (Å²) in [7, 11) is 0. The lowest BCUT2D eigenvalue weighted by atomic mass is 9.95. The Kier molecular flexibility index (Phi) is 7.78. The van der Waals surface area contributed by atoms with Gasteiger partial charge in [0.1, 0.15) is 11.2 Å². The molecular weight excluding hydrogens is 695 g/mol. The average Bonchev–Trinajstić information content (AvgIpc) is 3.67. The summed E-state index contributed by atoms with van der Waals surface area (Å²) in [5.41, 5.74) is 10.8. The van der Waals surface area contributed by atoms with Gasteiger partial charge < -0.3 is 4.42 Å². The highest BCUT2D eigenvalue weighted by molar-refractivity contribution is 6.13. The molecule has 0 spiro atoms. The number of aromatic nitrogens is 3. The smallest absolute Gasteiger partial charge is 0.164 e. The molecule has 0 N–H and O–H groups in total. The van der Waals surface area contributed by atoms with Gasteiger partial charge in [-0.2, -0.15) is 0 Å². The van der Waals surface area contributed by atoms with Gasteiger partial charge >= 0.3 is 0 Å². The number of hydrogen-bond acceptors (Lipinski definition) is 4. The molecule has 0 saturated heterocycles. The third kappa shape index (κ3) is 6.01. The number of nitrogens with zero attached hydrogens (tertiary/aromatic N) is 3. The van der Waals surface area contributed by atoms with E-state index in [-0.39, 0.29) is 0 Å². The normalized spacial score (nSPS) is 11.5. The van der Waals surface area contributed by atoms with Crippen molar-refractivity contribution >= 4 is 43.5 Å². The maximum atomic E-state index is 6.60. The molecule has 0 bridgehead atoms. The van der Waals surface area contributed by atoms with E-state index in [0.29, 0.717) is 17.5 Å². The zero-order valence-corrected chi connectivity index (χ0v) is 30.8. The van der Waals surface area contributed by atoms with Gasteiger partial charge in [0.25, 0.3) is 0 Å². The van der Waals surface area contributed by atoms with Crippen molar-refractivity contribution in [3.8, 4) is 67.5 Å². The molecule has 0 unspecified atom stereocenters. The third-order valence-corrected chi connectivity index (χ3v) is 10.9. The summed E-state index contributed by atoms with van der Waals surface area (Å²) in [6.07, 6.45) is 0. The minimum atomic E-state index is 0.578. The van der Waals surface area contributed by atoms with E-state index in [1.807, 2.05) is 24.3 Å². The van der Waals surface area contributed by atoms with Crippen molar-refractivity contribution in [2.75, 3.05) is 0 Å². The Hall–Kier alpha value is -7.69. The topological polar surface area (TPSA) is 51.8 Å². The molecule has 0 aliphatic heterocycles. The summed E-state index contributed by atoms with van der Waals surface area (Å²) in [4.78, 5) is 16.0. The average molecular weight is 728 g/mol. The number of hydrogen-bond donors (Lipinski definition) is 0. The van der Waals surface area contributed by atoms with Crippen LogP contribution in [0.1, 0.15) is 0 Å². The molecule has 0 aliphatic carbocycles. The maximum absolute atomic E-state index is 6.60. The van der Waals surface area contributed by atoms with Crippen LogP contribution in [0.4, 0.5) is 0 Å². The molecule has 2 heterocycles. The van der Waals surface area contributed by atoms with Crippen LogP contribution in [0.5, 0.6) is 0 Å². The summed E-state index contributed by atoms with van der Waals surface area (Å²) in [6.45, 7) is 0. The lowest BCUT2D eigenvalue weighted by molar-refractivity contribution is 0.669. The Labute approximate surface area is 329 Å². The molecule has 0 aliphatic rings. The van der Waals surface area contributed by atoms with Crippen molar-refractivity contribution in [2.45, 2.75) is 0 Å². The highest BCUT2D eigenvalue weighted by Gasteiger charge is 2.21. The fourth-order valence-electron chi connectivity index (χ4n) is 8.00. The van der Waals surface area contributed by atoms with Gasteiger partial charge in [-0.05, 0) is 103 Å². The largest absolute Gasteiger partial charge is 0.456 e. The molecule has 0 fully saturated rings. The van der Waals surface area contributed by atoms with Crippen LogP contribution in [0.25, 0.3) is 111 Å². The van der Waals surface area contributed by atoms with Crippen LogP contribution in [0.3, 0.4) is 0 Å². The molecule has 57 heavy (non-hydrogen) atoms. The molecule has 11 aromatic rings. The van der Waals surface area contributed by atoms with Gasteiger partial charge in [-0.25, -0.2) is 15.0 Å². The van der Waals surface area contributed by atoms with Gasteiger partial charge in [0.05, 0.1) is 0 Å². The predicted octanol–water partition coefficient (Wildman–Crippen LogP) is 14.1. The summed E-state index contributed by atoms with van der Waals surface area (Å²) >= 11 is 0. The third-order valence-electron chi connectivity index (χ3n) is 10.9. The zero-order chi connectivity index (χ0) is 37.7. The number of fused-ring (bicyclic) bond motifs is 5. The highest BCUT2D eigenvalue weighted by atomic mass is 16.3. The van der Waals surface area contributed by atoms with Gasteiger partial charge in [0.15, 0.2) is 17.5 Å². The molecule has 266 valence electrons. The first kappa shape index (κ1) is 32.7. The molecular formula is C53H33N3O. The second-order valence-corrected chi connectivity index (χ2v) is 14.5. The number of para-hydroxylation sites is 1. The van der Waals surface area contributed by atoms with E-state index in [0.717, 1.165) is 82.8 Å². The van der Waals surface area contributed by atoms with E-state index < -0.39 is 0 Å². The van der Waals surface area contributed by atoms with Crippen molar-refractivity contribution in [3.63, 3.8) is 0 Å². The molecule has 4 heteroatoms. The predicted molar refractivity (Wildman–Crippen MR) is 235 cm³/mol. The van der Waals surface area contributed by atoms with Crippen LogP contribution in [0.2, 0.25) is 0 Å². The second-order valence-electron chi connectivity index (χ2n) is 14.5. The van der Waals surface area contributed by atoms with Gasteiger partial charge in [-0.1, -0.05) is 152 Å². The van der Waals surface area contributed by atoms with E-state index in [1.54, 1.807) is 0 Å². The van der Waals surface area contributed by atoms with Crippen LogP contribution >= 0.6 is 0 Å². The molecule has 0 saturated carbocycles. The van der Waals surface area contributed by atoms with Crippen molar-refractivity contribution in [3.05, 3.63) is 200 Å². The van der Waals surface area contributed by atoms with Gasteiger partial charge in [-0.3, -0.25) is 0 Å². The standard InChI is InChI=1S/C53H33N3O/c1-3-13-34(14-4-1)42-29-43(35-15-5-2-6-16-35)31-45(30-42)52-54-51(41-26-24-37-18-8-10-20-39(37)28-41)55-53(56-52)47-32-44(40-25-23-36-17-7-9-19-38(36)27-40)33-49-50(47)46-21-11-12-22-48(46)57-49/h1-33H. The minimum Gasteiger partial charge on any atom is -0.456 e. The van der Waals surface area contributed by atoms with Crippen molar-refractivity contribution in [2.24, 2.45) is 0 Å². The Morgan fingerprint density at radius 3 is 1.44 bits per heavy atom. The summed E-state index contributed by atoms with van der Waals surface area (Å²) < 4.78 is 6.60. The van der Waals surface area contributed by atoms with Crippen LogP contribution in [-0.2, 0) is 0 Å². The summed E-state index contributed by atoms with van der Waals surface area (Å²) in [5, 5.41) is 6.64. The van der Waals surface area contributed by atoms with Gasteiger partial charge in [-0.15, -0.1) is 0 Å². The fraction of sp³-hybridized carbons (Fsp3) is 0. The fourth-order valence-corrected chi connectivity index (χ4v) is 8.00. The number of benzene rings is 9. The first-order chi connectivity index (χ1) is 28.2. The van der Waals surface area contributed by atoms with Gasteiger partial charge in [0.2, 0.25) is 0 Å². The van der Waals surface area contributed by atoms with E-state index in [9.17, 15) is 0 Å². The Morgan fingerprint density at radius 2 is 0.772 bits per heavy atom. The highest BCUT2D eigenvalue weighted by Crippen LogP contribution is 2.41. The molecule has 4 nitrogen and oxygen atoms in total. The second kappa shape index (κ2) is 13.6. The Balaban J connectivity index is 1.20. The molecule has 0 radical (unpaired) electrons. The van der Waals surface area contributed by atoms with Crippen molar-refractivity contribution < 1.29 is 4.42 Å². The van der Waals surface area contributed by atoms with Crippen molar-refractivity contribution in [1.29, 1.82) is 0 Å². The van der Waals surface area contributed by atoms with E-state index in [4.69, 9.17) is 19.4 Å². The molecule has 0 atom stereocenters. The maximum Gasteiger partial charge on any atom is 0.164 e. The minimum absolute atomic E-state index is 0.578. The molecule has 2 aromatic heterocycles. The molecule has 0 amide bonds. The first-order valence-electron chi connectivity index (χ1n) is 19.2. The van der Waals surface area contributed by atoms with Crippen LogP contribution < -0.4 is 0 Å². The quantitative estimate of drug-likeness (QED) is 0.171. The molecule has 11 rings (SSSR count). The van der Waals surface area contributed by atoms with Crippen LogP contribution in [0.15, 0.2) is 205 Å². The first-order valence-corrected chi connectivity index (χ1v) is 19.2. The Bertz CT molecular complexity index is 3240. The van der Waals surface area contributed by atoms with Crippen LogP contribution in [0, 0.1) is 0 Å².